The van der Waals surface area contributed by atoms with Gasteiger partial charge in [-0.25, -0.2) is 9.97 Å². The van der Waals surface area contributed by atoms with Crippen LogP contribution in [0.4, 0.5) is 5.82 Å². The van der Waals surface area contributed by atoms with Crippen LogP contribution in [0.2, 0.25) is 0 Å². The summed E-state index contributed by atoms with van der Waals surface area (Å²) in [6, 6.07) is 5.81. The summed E-state index contributed by atoms with van der Waals surface area (Å²) < 4.78 is 5.19. The van der Waals surface area contributed by atoms with Gasteiger partial charge >= 0.3 is 0 Å². The number of hydrogen-bond acceptors (Lipinski definition) is 4. The quantitative estimate of drug-likeness (QED) is 0.856. The molecule has 2 aromatic rings. The molecule has 84 valence electrons. The summed E-state index contributed by atoms with van der Waals surface area (Å²) in [6.07, 6.45) is 0.821. The van der Waals surface area contributed by atoms with Crippen LogP contribution in [0.3, 0.4) is 0 Å². The van der Waals surface area contributed by atoms with Gasteiger partial charge in [-0.05, 0) is 12.1 Å². The third-order valence-corrected chi connectivity index (χ3v) is 2.50. The molecule has 4 nitrogen and oxygen atoms in total. The molecule has 0 amide bonds. The van der Waals surface area contributed by atoms with Crippen LogP contribution in [0.15, 0.2) is 18.2 Å². The monoisotopic (exact) mass is 217 g/mol. The van der Waals surface area contributed by atoms with Gasteiger partial charge in [0.15, 0.2) is 0 Å². The number of nitrogens with one attached hydrogen (secondary N) is 1. The molecule has 0 fully saturated rings. The van der Waals surface area contributed by atoms with Crippen LogP contribution in [0.5, 0.6) is 5.75 Å². The first-order valence-corrected chi connectivity index (χ1v) is 5.31. The molecule has 16 heavy (non-hydrogen) atoms. The molecule has 1 aromatic carbocycles. The van der Waals surface area contributed by atoms with Gasteiger partial charge in [-0.1, -0.05) is 6.92 Å². The van der Waals surface area contributed by atoms with Crippen molar-refractivity contribution in [2.45, 2.75) is 13.3 Å². The van der Waals surface area contributed by atoms with E-state index in [1.807, 2.05) is 32.2 Å². The van der Waals surface area contributed by atoms with Gasteiger partial charge in [0.1, 0.15) is 17.4 Å². The minimum absolute atomic E-state index is 0.815. The van der Waals surface area contributed by atoms with Crippen molar-refractivity contribution in [1.29, 1.82) is 0 Å². The second-order valence-corrected chi connectivity index (χ2v) is 3.48. The number of fused-ring (bicyclic) bond motifs is 1. The number of rotatable bonds is 3. The summed E-state index contributed by atoms with van der Waals surface area (Å²) >= 11 is 0. The van der Waals surface area contributed by atoms with E-state index in [0.29, 0.717) is 0 Å². The first kappa shape index (κ1) is 10.7. The van der Waals surface area contributed by atoms with Crippen LogP contribution in [-0.2, 0) is 6.42 Å². The van der Waals surface area contributed by atoms with E-state index in [2.05, 4.69) is 15.3 Å². The lowest BCUT2D eigenvalue weighted by Crippen LogP contribution is -2.00. The van der Waals surface area contributed by atoms with Crippen molar-refractivity contribution in [1.82, 2.24) is 9.97 Å². The van der Waals surface area contributed by atoms with Gasteiger partial charge < -0.3 is 10.1 Å². The van der Waals surface area contributed by atoms with Gasteiger partial charge in [0.05, 0.1) is 12.6 Å². The highest BCUT2D eigenvalue weighted by Crippen LogP contribution is 2.24. The Morgan fingerprint density at radius 3 is 2.75 bits per heavy atom. The van der Waals surface area contributed by atoms with Gasteiger partial charge in [0.2, 0.25) is 0 Å². The van der Waals surface area contributed by atoms with E-state index in [9.17, 15) is 0 Å². The van der Waals surface area contributed by atoms with Crippen molar-refractivity contribution in [2.75, 3.05) is 19.5 Å². The minimum Gasteiger partial charge on any atom is -0.497 e. The minimum atomic E-state index is 0.815. The lowest BCUT2D eigenvalue weighted by molar-refractivity contribution is 0.415. The summed E-state index contributed by atoms with van der Waals surface area (Å²) in [6.45, 7) is 2.04. The SMILES string of the molecule is CCc1nc(NC)c2ccc(OC)cc2n1. The molecule has 1 aromatic heterocycles. The van der Waals surface area contributed by atoms with E-state index in [1.165, 1.54) is 0 Å². The zero-order valence-corrected chi connectivity index (χ0v) is 9.74. The summed E-state index contributed by atoms with van der Waals surface area (Å²) in [4.78, 5) is 8.91. The molecule has 0 saturated heterocycles. The van der Waals surface area contributed by atoms with Crippen LogP contribution < -0.4 is 10.1 Å². The highest BCUT2D eigenvalue weighted by atomic mass is 16.5. The van der Waals surface area contributed by atoms with E-state index < -0.39 is 0 Å². The van der Waals surface area contributed by atoms with E-state index in [-0.39, 0.29) is 0 Å². The highest BCUT2D eigenvalue weighted by Gasteiger charge is 2.06. The van der Waals surface area contributed by atoms with Crippen molar-refractivity contribution >= 4 is 16.7 Å². The number of methoxy groups -OCH3 is 1. The molecular formula is C12H15N3O. The lowest BCUT2D eigenvalue weighted by Gasteiger charge is -2.08. The largest absolute Gasteiger partial charge is 0.497 e. The summed E-state index contributed by atoms with van der Waals surface area (Å²) in [5.41, 5.74) is 0.913. The van der Waals surface area contributed by atoms with Gasteiger partial charge in [-0.3, -0.25) is 0 Å². The second-order valence-electron chi connectivity index (χ2n) is 3.48. The smallest absolute Gasteiger partial charge is 0.137 e. The number of anilines is 1. The second kappa shape index (κ2) is 4.35. The molecule has 2 rings (SSSR count). The van der Waals surface area contributed by atoms with Gasteiger partial charge in [0.25, 0.3) is 0 Å². The van der Waals surface area contributed by atoms with Crippen molar-refractivity contribution in [3.05, 3.63) is 24.0 Å². The fourth-order valence-electron chi connectivity index (χ4n) is 1.63. The van der Waals surface area contributed by atoms with Gasteiger partial charge in [-0.15, -0.1) is 0 Å². The number of aromatic nitrogens is 2. The topological polar surface area (TPSA) is 47.0 Å². The molecule has 0 saturated carbocycles. The molecule has 0 aliphatic heterocycles. The fraction of sp³-hybridized carbons (Fsp3) is 0.333. The molecule has 0 atom stereocenters. The van der Waals surface area contributed by atoms with Crippen LogP contribution in [0.1, 0.15) is 12.7 Å². The van der Waals surface area contributed by atoms with Crippen LogP contribution in [-0.4, -0.2) is 24.1 Å². The third-order valence-electron chi connectivity index (χ3n) is 2.50. The average molecular weight is 217 g/mol. The zero-order valence-electron chi connectivity index (χ0n) is 9.74. The van der Waals surface area contributed by atoms with Gasteiger partial charge in [0, 0.05) is 24.9 Å². The molecule has 1 heterocycles. The zero-order chi connectivity index (χ0) is 11.5. The molecule has 0 unspecified atom stereocenters. The Labute approximate surface area is 94.7 Å². The predicted molar refractivity (Wildman–Crippen MR) is 65.0 cm³/mol. The maximum Gasteiger partial charge on any atom is 0.137 e. The van der Waals surface area contributed by atoms with E-state index >= 15 is 0 Å². The Bertz CT molecular complexity index is 506. The van der Waals surface area contributed by atoms with Crippen LogP contribution in [0, 0.1) is 0 Å². The molecule has 0 aliphatic rings. The van der Waals surface area contributed by atoms with E-state index in [0.717, 1.165) is 34.7 Å². The van der Waals surface area contributed by atoms with Crippen LogP contribution in [0.25, 0.3) is 10.9 Å². The first-order chi connectivity index (χ1) is 7.78. The number of ether oxygens (including phenoxy) is 1. The number of aryl methyl sites for hydroxylation is 1. The van der Waals surface area contributed by atoms with Crippen molar-refractivity contribution in [3.63, 3.8) is 0 Å². The molecule has 4 heteroatoms. The predicted octanol–water partition coefficient (Wildman–Crippen LogP) is 2.24. The fourth-order valence-corrected chi connectivity index (χ4v) is 1.63. The standard InChI is InChI=1S/C12H15N3O/c1-4-11-14-10-7-8(16-3)5-6-9(10)12(13-2)15-11/h5-7H,4H2,1-3H3,(H,13,14,15). The van der Waals surface area contributed by atoms with E-state index in [1.54, 1.807) is 7.11 Å². The van der Waals surface area contributed by atoms with Crippen molar-refractivity contribution in [2.24, 2.45) is 0 Å². The summed E-state index contributed by atoms with van der Waals surface area (Å²) in [7, 11) is 3.52. The summed E-state index contributed by atoms with van der Waals surface area (Å²) in [5.74, 6) is 2.52. The number of benzene rings is 1. The first-order valence-electron chi connectivity index (χ1n) is 5.31. The van der Waals surface area contributed by atoms with Gasteiger partial charge in [-0.2, -0.15) is 0 Å². The Morgan fingerprint density at radius 1 is 1.31 bits per heavy atom. The molecular weight excluding hydrogens is 202 g/mol. The Hall–Kier alpha value is -1.84. The molecule has 0 radical (unpaired) electrons. The maximum atomic E-state index is 5.19. The number of hydrogen-bond donors (Lipinski definition) is 1. The summed E-state index contributed by atoms with van der Waals surface area (Å²) in [5, 5.41) is 4.10. The normalized spacial score (nSPS) is 10.4. The van der Waals surface area contributed by atoms with Crippen molar-refractivity contribution < 1.29 is 4.74 Å². The maximum absolute atomic E-state index is 5.19. The Morgan fingerprint density at radius 2 is 2.12 bits per heavy atom. The molecule has 0 spiro atoms. The molecule has 0 aliphatic carbocycles. The lowest BCUT2D eigenvalue weighted by atomic mass is 10.2. The number of nitrogens with zero attached hydrogens (tertiary/aromatic N) is 2. The van der Waals surface area contributed by atoms with Crippen molar-refractivity contribution in [3.8, 4) is 5.75 Å². The highest BCUT2D eigenvalue weighted by molar-refractivity contribution is 5.89. The Balaban J connectivity index is 2.68. The Kier molecular flexibility index (Phi) is 2.90. The molecule has 0 bridgehead atoms. The third kappa shape index (κ3) is 1.78. The van der Waals surface area contributed by atoms with Crippen LogP contribution >= 0.6 is 0 Å². The van der Waals surface area contributed by atoms with E-state index in [4.69, 9.17) is 4.74 Å². The molecule has 1 N–H and O–H groups in total. The average Bonchev–Trinajstić information content (AvgIpc) is 2.36.